The van der Waals surface area contributed by atoms with Crippen LogP contribution in [0.2, 0.25) is 10.0 Å². The number of fused-ring (bicyclic) bond motifs is 1. The van der Waals surface area contributed by atoms with E-state index in [0.29, 0.717) is 45.3 Å². The molecule has 0 aliphatic carbocycles. The molecule has 0 unspecified atom stereocenters. The molecular weight excluding hydrogens is 487 g/mol. The number of hydrogen-bond acceptors (Lipinski definition) is 7. The minimum atomic E-state index is -0.290. The van der Waals surface area contributed by atoms with Crippen LogP contribution >= 0.6 is 34.5 Å². The monoisotopic (exact) mass is 502 g/mol. The molecule has 5 rings (SSSR count). The Balaban J connectivity index is 1.17. The van der Waals surface area contributed by atoms with Gasteiger partial charge in [-0.05, 0) is 41.3 Å². The highest BCUT2D eigenvalue weighted by atomic mass is 35.5. The smallest absolute Gasteiger partial charge is 0.268 e. The number of ether oxygens (including phenoxy) is 3. The van der Waals surface area contributed by atoms with Crippen LogP contribution in [0.15, 0.2) is 54.2 Å². The molecule has 1 N–H and O–H groups in total. The van der Waals surface area contributed by atoms with E-state index in [-0.39, 0.29) is 18.6 Å². The number of anilines is 1. The molecule has 1 amide bonds. The highest BCUT2D eigenvalue weighted by Crippen LogP contribution is 2.35. The molecule has 4 aromatic rings. The summed E-state index contributed by atoms with van der Waals surface area (Å²) in [5.41, 5.74) is 1.79. The zero-order valence-electron chi connectivity index (χ0n) is 17.0. The summed E-state index contributed by atoms with van der Waals surface area (Å²) in [6.45, 7) is 0.977. The van der Waals surface area contributed by atoms with Crippen LogP contribution in [0, 0.1) is 0 Å². The summed E-state index contributed by atoms with van der Waals surface area (Å²) in [4.78, 5) is 17.3. The maximum Gasteiger partial charge on any atom is 0.268 e. The fraction of sp³-hybridized carbons (Fsp3) is 0.136. The maximum atomic E-state index is 12.6. The number of carbonyl (C=O) groups is 1. The standard InChI is InChI=1S/C22H16Cl2N4O4S/c23-16-3-1-13(5-17(16)24)8-28-11-25-22(27-28)26-21(29)20-6-14(10-33-20)9-30-15-2-4-18-19(7-15)32-12-31-18/h1-7,10-11H,8-9,12H2,(H,26,27,29). The van der Waals surface area contributed by atoms with Crippen molar-refractivity contribution in [2.75, 3.05) is 12.1 Å². The molecule has 168 valence electrons. The van der Waals surface area contributed by atoms with Crippen molar-refractivity contribution in [3.8, 4) is 17.2 Å². The second-order valence-electron chi connectivity index (χ2n) is 7.09. The first kappa shape index (κ1) is 21.6. The number of amides is 1. The predicted octanol–water partition coefficient (Wildman–Crippen LogP) is 5.25. The van der Waals surface area contributed by atoms with Crippen LogP contribution in [0.25, 0.3) is 0 Å². The van der Waals surface area contributed by atoms with Gasteiger partial charge in [0.1, 0.15) is 18.7 Å². The number of nitrogens with zero attached hydrogens (tertiary/aromatic N) is 3. The molecule has 33 heavy (non-hydrogen) atoms. The summed E-state index contributed by atoms with van der Waals surface area (Å²) in [6.07, 6.45) is 1.54. The van der Waals surface area contributed by atoms with Gasteiger partial charge in [-0.25, -0.2) is 9.67 Å². The summed E-state index contributed by atoms with van der Waals surface area (Å²) < 4.78 is 18.0. The van der Waals surface area contributed by atoms with Gasteiger partial charge in [0.05, 0.1) is 21.5 Å². The lowest BCUT2D eigenvalue weighted by Gasteiger charge is -2.05. The molecule has 0 bridgehead atoms. The van der Waals surface area contributed by atoms with E-state index in [1.807, 2.05) is 17.5 Å². The van der Waals surface area contributed by atoms with E-state index in [1.54, 1.807) is 35.0 Å². The molecule has 8 nitrogen and oxygen atoms in total. The van der Waals surface area contributed by atoms with Crippen LogP contribution in [0.3, 0.4) is 0 Å². The van der Waals surface area contributed by atoms with Gasteiger partial charge in [0.2, 0.25) is 12.7 Å². The first-order valence-corrected chi connectivity index (χ1v) is 11.4. The molecular formula is C22H16Cl2N4O4S. The molecule has 1 aliphatic rings. The second-order valence-corrected chi connectivity index (χ2v) is 8.82. The quantitative estimate of drug-likeness (QED) is 0.371. The van der Waals surface area contributed by atoms with Gasteiger partial charge in [0, 0.05) is 11.6 Å². The Morgan fingerprint density at radius 3 is 2.85 bits per heavy atom. The number of hydrogen-bond donors (Lipinski definition) is 1. The molecule has 0 saturated heterocycles. The summed E-state index contributed by atoms with van der Waals surface area (Å²) in [7, 11) is 0. The van der Waals surface area contributed by atoms with Crippen molar-refractivity contribution in [2.24, 2.45) is 0 Å². The zero-order chi connectivity index (χ0) is 22.8. The van der Waals surface area contributed by atoms with Gasteiger partial charge in [-0.15, -0.1) is 16.4 Å². The Hall–Kier alpha value is -3.27. The van der Waals surface area contributed by atoms with Crippen molar-refractivity contribution in [2.45, 2.75) is 13.2 Å². The van der Waals surface area contributed by atoms with E-state index >= 15 is 0 Å². The largest absolute Gasteiger partial charge is 0.489 e. The molecule has 11 heteroatoms. The Labute approximate surface area is 202 Å². The van der Waals surface area contributed by atoms with Crippen LogP contribution in [0.1, 0.15) is 20.8 Å². The summed E-state index contributed by atoms with van der Waals surface area (Å²) in [5, 5.41) is 9.83. The van der Waals surface area contributed by atoms with Crippen LogP contribution in [-0.2, 0) is 13.2 Å². The van der Waals surface area contributed by atoms with Gasteiger partial charge >= 0.3 is 0 Å². The fourth-order valence-electron chi connectivity index (χ4n) is 3.12. The Kier molecular flexibility index (Phi) is 6.08. The zero-order valence-corrected chi connectivity index (χ0v) is 19.3. The molecule has 3 heterocycles. The highest BCUT2D eigenvalue weighted by molar-refractivity contribution is 7.12. The lowest BCUT2D eigenvalue weighted by molar-refractivity contribution is 0.102. The second kappa shape index (κ2) is 9.30. The first-order valence-electron chi connectivity index (χ1n) is 9.78. The summed E-state index contributed by atoms with van der Waals surface area (Å²) in [6, 6.07) is 12.5. The van der Waals surface area contributed by atoms with E-state index in [4.69, 9.17) is 37.4 Å². The summed E-state index contributed by atoms with van der Waals surface area (Å²) >= 11 is 13.3. The third-order valence-corrected chi connectivity index (χ3v) is 6.43. The third kappa shape index (κ3) is 5.05. The molecule has 1 aliphatic heterocycles. The van der Waals surface area contributed by atoms with Crippen LogP contribution < -0.4 is 19.5 Å². The molecule has 2 aromatic carbocycles. The Morgan fingerprint density at radius 1 is 1.09 bits per heavy atom. The molecule has 0 radical (unpaired) electrons. The van der Waals surface area contributed by atoms with Crippen molar-refractivity contribution < 1.29 is 19.0 Å². The molecule has 2 aromatic heterocycles. The Bertz CT molecular complexity index is 1320. The summed E-state index contributed by atoms with van der Waals surface area (Å²) in [5.74, 6) is 1.94. The normalized spacial score (nSPS) is 12.1. The average Bonchev–Trinajstić information content (AvgIpc) is 3.55. The number of carbonyl (C=O) groups excluding carboxylic acids is 1. The maximum absolute atomic E-state index is 12.6. The van der Waals surface area contributed by atoms with Gasteiger partial charge in [-0.3, -0.25) is 10.1 Å². The molecule has 0 atom stereocenters. The lowest BCUT2D eigenvalue weighted by Crippen LogP contribution is -2.12. The minimum Gasteiger partial charge on any atom is -0.489 e. The van der Waals surface area contributed by atoms with Crippen LogP contribution in [0.4, 0.5) is 5.95 Å². The van der Waals surface area contributed by atoms with E-state index in [0.717, 1.165) is 11.1 Å². The molecule has 0 saturated carbocycles. The van der Waals surface area contributed by atoms with Crippen molar-refractivity contribution >= 4 is 46.4 Å². The first-order chi connectivity index (χ1) is 16.0. The van der Waals surface area contributed by atoms with E-state index in [1.165, 1.54) is 17.7 Å². The minimum absolute atomic E-state index is 0.213. The van der Waals surface area contributed by atoms with Crippen molar-refractivity contribution in [3.05, 3.63) is 80.2 Å². The predicted molar refractivity (Wildman–Crippen MR) is 125 cm³/mol. The van der Waals surface area contributed by atoms with Gasteiger partial charge in [-0.1, -0.05) is 29.3 Å². The number of halogens is 2. The van der Waals surface area contributed by atoms with E-state index in [9.17, 15) is 4.79 Å². The SMILES string of the molecule is O=C(Nc1ncn(Cc2ccc(Cl)c(Cl)c2)n1)c1cc(COc2ccc3c(c2)OCO3)cs1. The van der Waals surface area contributed by atoms with E-state index in [2.05, 4.69) is 15.4 Å². The van der Waals surface area contributed by atoms with Gasteiger partial charge in [-0.2, -0.15) is 0 Å². The fourth-order valence-corrected chi connectivity index (χ4v) is 4.23. The number of aromatic nitrogens is 3. The molecule has 0 spiro atoms. The van der Waals surface area contributed by atoms with Crippen molar-refractivity contribution in [3.63, 3.8) is 0 Å². The number of nitrogens with one attached hydrogen (secondary N) is 1. The lowest BCUT2D eigenvalue weighted by atomic mass is 10.2. The third-order valence-electron chi connectivity index (χ3n) is 4.72. The highest BCUT2D eigenvalue weighted by Gasteiger charge is 2.15. The van der Waals surface area contributed by atoms with Crippen LogP contribution in [-0.4, -0.2) is 27.5 Å². The average molecular weight is 503 g/mol. The Morgan fingerprint density at radius 2 is 1.97 bits per heavy atom. The van der Waals surface area contributed by atoms with Crippen molar-refractivity contribution in [1.29, 1.82) is 0 Å². The number of rotatable bonds is 7. The van der Waals surface area contributed by atoms with E-state index < -0.39 is 0 Å². The topological polar surface area (TPSA) is 87.5 Å². The van der Waals surface area contributed by atoms with Crippen molar-refractivity contribution in [1.82, 2.24) is 14.8 Å². The number of thiophene rings is 1. The molecule has 0 fully saturated rings. The van der Waals surface area contributed by atoms with Gasteiger partial charge < -0.3 is 14.2 Å². The number of benzene rings is 2. The van der Waals surface area contributed by atoms with Crippen LogP contribution in [0.5, 0.6) is 17.2 Å². The van der Waals surface area contributed by atoms with Gasteiger partial charge in [0.25, 0.3) is 5.91 Å². The van der Waals surface area contributed by atoms with Gasteiger partial charge in [0.15, 0.2) is 11.5 Å².